The van der Waals surface area contributed by atoms with Crippen LogP contribution in [0.3, 0.4) is 0 Å². The Labute approximate surface area is 167 Å². The molecule has 1 spiro atoms. The Morgan fingerprint density at radius 2 is 2.04 bits per heavy atom. The maximum atomic E-state index is 10.3. The van der Waals surface area contributed by atoms with Crippen LogP contribution in [-0.2, 0) is 9.47 Å². The number of rotatable bonds is 5. The Bertz CT molecular complexity index is 597. The van der Waals surface area contributed by atoms with Crippen LogP contribution in [0.15, 0.2) is 22.9 Å². The zero-order valence-electron chi connectivity index (χ0n) is 16.3. The number of aliphatic hydroxyl groups excluding tert-OH is 2. The summed E-state index contributed by atoms with van der Waals surface area (Å²) in [5.41, 5.74) is -0.466. The smallest absolute Gasteiger partial charge is 0.109 e. The quantitative estimate of drug-likeness (QED) is 0.727. The zero-order chi connectivity index (χ0) is 19.0. The molecular formula is C22H33ClO4. The van der Waals surface area contributed by atoms with Crippen molar-refractivity contribution in [1.29, 1.82) is 0 Å². The first-order chi connectivity index (χ1) is 13.0. The molecule has 1 aliphatic heterocycles. The summed E-state index contributed by atoms with van der Waals surface area (Å²) in [5.74, 6) is 2.58. The Balaban J connectivity index is 1.35. The zero-order valence-corrected chi connectivity index (χ0v) is 17.0. The number of hydrogen-bond acceptors (Lipinski definition) is 4. The molecule has 152 valence electrons. The first kappa shape index (κ1) is 19.8. The van der Waals surface area contributed by atoms with E-state index in [4.69, 9.17) is 21.1 Å². The molecule has 0 aromatic carbocycles. The van der Waals surface area contributed by atoms with Gasteiger partial charge in [0, 0.05) is 17.9 Å². The van der Waals surface area contributed by atoms with Gasteiger partial charge in [0.15, 0.2) is 0 Å². The molecule has 0 aromatic heterocycles. The molecular weight excluding hydrogens is 364 g/mol. The summed E-state index contributed by atoms with van der Waals surface area (Å²) in [4.78, 5) is 0. The van der Waals surface area contributed by atoms with Gasteiger partial charge in [0.25, 0.3) is 0 Å². The fourth-order valence-corrected chi connectivity index (χ4v) is 5.54. The lowest BCUT2D eigenvalue weighted by Gasteiger charge is -2.43. The van der Waals surface area contributed by atoms with Crippen LogP contribution in [0.1, 0.15) is 64.7 Å². The first-order valence-corrected chi connectivity index (χ1v) is 11.1. The summed E-state index contributed by atoms with van der Waals surface area (Å²) >= 11 is 6.60. The van der Waals surface area contributed by atoms with E-state index in [2.05, 4.69) is 12.2 Å². The third-order valence-corrected chi connectivity index (χ3v) is 7.51. The summed E-state index contributed by atoms with van der Waals surface area (Å²) < 4.78 is 12.0. The third kappa shape index (κ3) is 4.24. The SMILES string of the molecule is CCOC1=CCC(CC2CC([C@H]3C[C@@H](O)[C@H](O)C4(CC4)O3)CC=C2Cl)CC1. The summed E-state index contributed by atoms with van der Waals surface area (Å²) in [7, 11) is 0. The highest BCUT2D eigenvalue weighted by atomic mass is 35.5. The van der Waals surface area contributed by atoms with Gasteiger partial charge in [-0.3, -0.25) is 0 Å². The molecule has 0 bridgehead atoms. The van der Waals surface area contributed by atoms with Crippen molar-refractivity contribution in [2.24, 2.45) is 17.8 Å². The van der Waals surface area contributed by atoms with Crippen LogP contribution in [0.25, 0.3) is 0 Å². The molecule has 1 heterocycles. The van der Waals surface area contributed by atoms with Crippen molar-refractivity contribution >= 4 is 11.6 Å². The van der Waals surface area contributed by atoms with Crippen molar-refractivity contribution in [1.82, 2.24) is 0 Å². The molecule has 1 saturated carbocycles. The second-order valence-electron chi connectivity index (χ2n) is 8.97. The normalized spacial score (nSPS) is 41.0. The topological polar surface area (TPSA) is 58.9 Å². The van der Waals surface area contributed by atoms with Crippen LogP contribution >= 0.6 is 11.6 Å². The third-order valence-electron chi connectivity index (χ3n) is 7.05. The minimum absolute atomic E-state index is 0.0326. The van der Waals surface area contributed by atoms with Gasteiger partial charge >= 0.3 is 0 Å². The molecule has 4 nitrogen and oxygen atoms in total. The lowest BCUT2D eigenvalue weighted by Crippen LogP contribution is -2.52. The molecule has 3 unspecified atom stereocenters. The summed E-state index contributed by atoms with van der Waals surface area (Å²) in [6, 6.07) is 0. The van der Waals surface area contributed by atoms with Gasteiger partial charge in [0.1, 0.15) is 6.10 Å². The fraction of sp³-hybridized carbons (Fsp3) is 0.818. The Morgan fingerprint density at radius 1 is 1.22 bits per heavy atom. The molecule has 0 amide bonds. The van der Waals surface area contributed by atoms with Gasteiger partial charge in [-0.05, 0) is 75.7 Å². The molecule has 4 rings (SSSR count). The predicted octanol–water partition coefficient (Wildman–Crippen LogP) is 4.29. The Morgan fingerprint density at radius 3 is 2.70 bits per heavy atom. The van der Waals surface area contributed by atoms with E-state index in [9.17, 15) is 10.2 Å². The van der Waals surface area contributed by atoms with Gasteiger partial charge in [-0.1, -0.05) is 17.7 Å². The van der Waals surface area contributed by atoms with Gasteiger partial charge < -0.3 is 19.7 Å². The number of aliphatic hydroxyl groups is 2. The van der Waals surface area contributed by atoms with Crippen LogP contribution in [0, 0.1) is 17.8 Å². The van der Waals surface area contributed by atoms with Crippen LogP contribution in [0.5, 0.6) is 0 Å². The van der Waals surface area contributed by atoms with Crippen molar-refractivity contribution in [3.8, 4) is 0 Å². The summed E-state index contributed by atoms with van der Waals surface area (Å²) in [6.07, 6.45) is 11.7. The van der Waals surface area contributed by atoms with Gasteiger partial charge in [0.05, 0.1) is 30.2 Å². The van der Waals surface area contributed by atoms with Crippen molar-refractivity contribution in [2.75, 3.05) is 6.61 Å². The number of hydrogen-bond donors (Lipinski definition) is 2. The van der Waals surface area contributed by atoms with Crippen molar-refractivity contribution < 1.29 is 19.7 Å². The molecule has 27 heavy (non-hydrogen) atoms. The second kappa shape index (κ2) is 8.06. The number of allylic oxidation sites excluding steroid dienone is 4. The van der Waals surface area contributed by atoms with Crippen LogP contribution in [-0.4, -0.2) is 40.7 Å². The maximum Gasteiger partial charge on any atom is 0.109 e. The Hall–Kier alpha value is -0.550. The molecule has 3 aliphatic carbocycles. The average molecular weight is 397 g/mol. The van der Waals surface area contributed by atoms with Gasteiger partial charge in [-0.25, -0.2) is 0 Å². The molecule has 1 saturated heterocycles. The van der Waals surface area contributed by atoms with E-state index in [1.165, 1.54) is 6.42 Å². The molecule has 2 N–H and O–H groups in total. The second-order valence-corrected chi connectivity index (χ2v) is 9.40. The van der Waals surface area contributed by atoms with E-state index >= 15 is 0 Å². The molecule has 4 aliphatic rings. The van der Waals surface area contributed by atoms with Gasteiger partial charge in [0.2, 0.25) is 0 Å². The minimum atomic E-state index is -0.721. The lowest BCUT2D eigenvalue weighted by atomic mass is 9.75. The number of ether oxygens (including phenoxy) is 2. The van der Waals surface area contributed by atoms with Crippen LogP contribution in [0.4, 0.5) is 0 Å². The molecule has 0 aromatic rings. The minimum Gasteiger partial charge on any atom is -0.499 e. The van der Waals surface area contributed by atoms with E-state index in [0.717, 1.165) is 62.3 Å². The summed E-state index contributed by atoms with van der Waals surface area (Å²) in [5, 5.41) is 21.5. The molecule has 0 radical (unpaired) electrons. The van der Waals surface area contributed by atoms with E-state index in [-0.39, 0.29) is 6.10 Å². The highest BCUT2D eigenvalue weighted by Gasteiger charge is 2.58. The molecule has 5 heteroatoms. The lowest BCUT2D eigenvalue weighted by molar-refractivity contribution is -0.197. The predicted molar refractivity (Wildman–Crippen MR) is 105 cm³/mol. The maximum absolute atomic E-state index is 10.3. The van der Waals surface area contributed by atoms with Crippen LogP contribution in [0.2, 0.25) is 0 Å². The van der Waals surface area contributed by atoms with E-state index in [1.54, 1.807) is 0 Å². The fourth-order valence-electron chi connectivity index (χ4n) is 5.28. The first-order valence-electron chi connectivity index (χ1n) is 10.7. The van der Waals surface area contributed by atoms with Crippen molar-refractivity contribution in [2.45, 2.75) is 88.6 Å². The van der Waals surface area contributed by atoms with Gasteiger partial charge in [-0.2, -0.15) is 0 Å². The number of halogens is 1. The standard InChI is InChI=1S/C22H33ClO4/c1-2-26-17-6-3-14(4-7-17)11-16-12-15(5-8-18(16)23)20-13-19(24)21(25)22(27-20)9-10-22/h6,8,14-16,19-21,24-25H,2-5,7,9-13H2,1H3/t14?,15?,16?,19-,20-,21+/m1/s1. The highest BCUT2D eigenvalue weighted by molar-refractivity contribution is 6.29. The van der Waals surface area contributed by atoms with Gasteiger partial charge in [-0.15, -0.1) is 0 Å². The summed E-state index contributed by atoms with van der Waals surface area (Å²) in [6.45, 7) is 2.79. The van der Waals surface area contributed by atoms with E-state index in [1.807, 2.05) is 6.92 Å². The Kier molecular flexibility index (Phi) is 5.90. The monoisotopic (exact) mass is 396 g/mol. The largest absolute Gasteiger partial charge is 0.499 e. The van der Waals surface area contributed by atoms with Crippen LogP contribution < -0.4 is 0 Å². The van der Waals surface area contributed by atoms with Crippen molar-refractivity contribution in [3.05, 3.63) is 22.9 Å². The van der Waals surface area contributed by atoms with Crippen molar-refractivity contribution in [3.63, 3.8) is 0 Å². The highest BCUT2D eigenvalue weighted by Crippen LogP contribution is 2.51. The molecule has 2 fully saturated rings. The van der Waals surface area contributed by atoms with E-state index in [0.29, 0.717) is 24.2 Å². The average Bonchev–Trinajstić information content (AvgIpc) is 3.43. The molecule has 6 atom stereocenters. The van der Waals surface area contributed by atoms with E-state index < -0.39 is 17.8 Å².